The Morgan fingerprint density at radius 1 is 0.909 bits per heavy atom. The van der Waals surface area contributed by atoms with Crippen LogP contribution in [0, 0.1) is 11.3 Å². The van der Waals surface area contributed by atoms with Crippen LogP contribution in [0.5, 0.6) is 5.75 Å². The van der Waals surface area contributed by atoms with Gasteiger partial charge in [0.25, 0.3) is 11.8 Å². The van der Waals surface area contributed by atoms with E-state index in [2.05, 4.69) is 16.0 Å². The first-order valence-electron chi connectivity index (χ1n) is 10.1. The molecule has 1 aromatic heterocycles. The van der Waals surface area contributed by atoms with Gasteiger partial charge < -0.3 is 4.74 Å². The van der Waals surface area contributed by atoms with Crippen molar-refractivity contribution in [1.29, 1.82) is 5.26 Å². The minimum absolute atomic E-state index is 0.246. The fourth-order valence-electron chi connectivity index (χ4n) is 3.11. The van der Waals surface area contributed by atoms with Crippen LogP contribution in [0.25, 0.3) is 16.9 Å². The van der Waals surface area contributed by atoms with Crippen molar-refractivity contribution in [3.05, 3.63) is 102 Å². The molecule has 0 radical (unpaired) electrons. The largest absolute Gasteiger partial charge is 0.482 e. The lowest BCUT2D eigenvalue weighted by atomic mass is 10.1. The third-order valence-electron chi connectivity index (χ3n) is 4.69. The molecule has 0 bridgehead atoms. The molecule has 4 rings (SSSR count). The van der Waals surface area contributed by atoms with Gasteiger partial charge in [0.15, 0.2) is 6.61 Å². The number of carbonyl (C=O) groups is 2. The first-order valence-corrected chi connectivity index (χ1v) is 10.1. The smallest absolute Gasteiger partial charge is 0.288 e. The summed E-state index contributed by atoms with van der Waals surface area (Å²) in [5, 5.41) is 13.7. The second-order valence-electron chi connectivity index (χ2n) is 6.93. The Bertz CT molecular complexity index is 1310. The fraction of sp³-hybridized carbons (Fsp3) is 0.0400. The molecule has 162 valence electrons. The maximum atomic E-state index is 12.9. The van der Waals surface area contributed by atoms with Gasteiger partial charge in [0.05, 0.1) is 16.9 Å². The summed E-state index contributed by atoms with van der Waals surface area (Å²) >= 11 is 0. The number of hydrogen-bond acceptors (Lipinski definition) is 5. The van der Waals surface area contributed by atoms with Gasteiger partial charge in [-0.2, -0.15) is 10.4 Å². The molecule has 0 saturated carbocycles. The molecule has 0 saturated heterocycles. The maximum Gasteiger partial charge on any atom is 0.288 e. The van der Waals surface area contributed by atoms with Gasteiger partial charge in [-0.25, -0.2) is 4.68 Å². The Kier molecular flexibility index (Phi) is 6.43. The molecule has 3 aromatic carbocycles. The van der Waals surface area contributed by atoms with Crippen molar-refractivity contribution in [2.75, 3.05) is 6.61 Å². The molecule has 0 aliphatic rings. The molecule has 2 N–H and O–H groups in total. The summed E-state index contributed by atoms with van der Waals surface area (Å²) < 4.78 is 6.90. The Balaban J connectivity index is 1.47. The first kappa shape index (κ1) is 21.3. The van der Waals surface area contributed by atoms with Crippen LogP contribution < -0.4 is 15.6 Å². The second kappa shape index (κ2) is 9.94. The number of para-hydroxylation sites is 2. The zero-order valence-corrected chi connectivity index (χ0v) is 17.4. The summed E-state index contributed by atoms with van der Waals surface area (Å²) in [5.41, 5.74) is 7.46. The van der Waals surface area contributed by atoms with Crippen LogP contribution >= 0.6 is 0 Å². The van der Waals surface area contributed by atoms with E-state index in [-0.39, 0.29) is 18.1 Å². The molecule has 0 atom stereocenters. The highest BCUT2D eigenvalue weighted by Gasteiger charge is 2.18. The van der Waals surface area contributed by atoms with Gasteiger partial charge in [0.2, 0.25) is 0 Å². The zero-order valence-electron chi connectivity index (χ0n) is 17.4. The lowest BCUT2D eigenvalue weighted by Gasteiger charge is -2.10. The van der Waals surface area contributed by atoms with Crippen LogP contribution in [0.2, 0.25) is 0 Å². The number of rotatable bonds is 6. The minimum Gasteiger partial charge on any atom is -0.482 e. The standard InChI is InChI=1S/C25H19N5O3/c26-16-19-11-7-8-14-23(19)33-17-24(31)27-28-25(32)22-15-21(18-9-3-1-4-10-18)29-30(22)20-12-5-2-6-13-20/h1-15H,17H2,(H,27,31)(H,28,32). The van der Waals surface area contributed by atoms with Crippen LogP contribution in [0.3, 0.4) is 0 Å². The number of ether oxygens (including phenoxy) is 1. The summed E-state index contributed by atoms with van der Waals surface area (Å²) in [6.45, 7) is -0.369. The summed E-state index contributed by atoms with van der Waals surface area (Å²) in [6, 6.07) is 28.9. The van der Waals surface area contributed by atoms with E-state index in [1.54, 1.807) is 30.3 Å². The monoisotopic (exact) mass is 437 g/mol. The summed E-state index contributed by atoms with van der Waals surface area (Å²) in [5.74, 6) is -0.833. The quantitative estimate of drug-likeness (QED) is 0.450. The van der Waals surface area contributed by atoms with Crippen molar-refractivity contribution in [3.8, 4) is 28.8 Å². The summed E-state index contributed by atoms with van der Waals surface area (Å²) in [6.07, 6.45) is 0. The Hall–Kier alpha value is -4.90. The molecule has 4 aromatic rings. The van der Waals surface area contributed by atoms with E-state index >= 15 is 0 Å². The molecular weight excluding hydrogens is 418 g/mol. The third-order valence-corrected chi connectivity index (χ3v) is 4.69. The Labute approximate surface area is 190 Å². The van der Waals surface area contributed by atoms with E-state index in [1.165, 1.54) is 4.68 Å². The lowest BCUT2D eigenvalue weighted by Crippen LogP contribution is -2.44. The Morgan fingerprint density at radius 2 is 1.58 bits per heavy atom. The SMILES string of the molecule is N#Cc1ccccc1OCC(=O)NNC(=O)c1cc(-c2ccccc2)nn1-c1ccccc1. The van der Waals surface area contributed by atoms with Crippen molar-refractivity contribution in [3.63, 3.8) is 0 Å². The van der Waals surface area contributed by atoms with Crippen LogP contribution in [-0.4, -0.2) is 28.2 Å². The van der Waals surface area contributed by atoms with Crippen LogP contribution in [0.15, 0.2) is 91.0 Å². The van der Waals surface area contributed by atoms with Gasteiger partial charge in [-0.3, -0.25) is 20.4 Å². The first-order chi connectivity index (χ1) is 16.2. The number of nitriles is 1. The highest BCUT2D eigenvalue weighted by Crippen LogP contribution is 2.21. The molecule has 0 spiro atoms. The molecular formula is C25H19N5O3. The number of aromatic nitrogens is 2. The molecule has 33 heavy (non-hydrogen) atoms. The zero-order chi connectivity index (χ0) is 23.0. The van der Waals surface area contributed by atoms with Crippen molar-refractivity contribution in [1.82, 2.24) is 20.6 Å². The molecule has 1 heterocycles. The highest BCUT2D eigenvalue weighted by molar-refractivity contribution is 5.95. The molecule has 0 unspecified atom stereocenters. The minimum atomic E-state index is -0.579. The number of amides is 2. The number of nitrogens with one attached hydrogen (secondary N) is 2. The van der Waals surface area contributed by atoms with Gasteiger partial charge in [0, 0.05) is 5.56 Å². The van der Waals surface area contributed by atoms with Crippen LogP contribution in [0.1, 0.15) is 16.1 Å². The highest BCUT2D eigenvalue weighted by atomic mass is 16.5. The average molecular weight is 437 g/mol. The van der Waals surface area contributed by atoms with E-state index in [0.717, 1.165) is 5.56 Å². The number of nitrogens with zero attached hydrogens (tertiary/aromatic N) is 3. The predicted molar refractivity (Wildman–Crippen MR) is 121 cm³/mol. The number of hydrogen-bond donors (Lipinski definition) is 2. The van der Waals surface area contributed by atoms with Gasteiger partial charge in [-0.05, 0) is 30.3 Å². The van der Waals surface area contributed by atoms with Crippen LogP contribution in [-0.2, 0) is 4.79 Å². The van der Waals surface area contributed by atoms with Gasteiger partial charge >= 0.3 is 0 Å². The molecule has 8 nitrogen and oxygen atoms in total. The summed E-state index contributed by atoms with van der Waals surface area (Å²) in [7, 11) is 0. The average Bonchev–Trinajstić information content (AvgIpc) is 3.33. The maximum absolute atomic E-state index is 12.9. The Morgan fingerprint density at radius 3 is 2.30 bits per heavy atom. The van der Waals surface area contributed by atoms with E-state index in [9.17, 15) is 9.59 Å². The van der Waals surface area contributed by atoms with Gasteiger partial charge in [-0.1, -0.05) is 60.7 Å². The topological polar surface area (TPSA) is 109 Å². The van der Waals surface area contributed by atoms with Crippen molar-refractivity contribution >= 4 is 11.8 Å². The van der Waals surface area contributed by atoms with Gasteiger partial charge in [0.1, 0.15) is 17.5 Å². The summed E-state index contributed by atoms with van der Waals surface area (Å²) in [4.78, 5) is 25.1. The fourth-order valence-corrected chi connectivity index (χ4v) is 3.11. The van der Waals surface area contributed by atoms with E-state index in [0.29, 0.717) is 16.9 Å². The van der Waals surface area contributed by atoms with Crippen LogP contribution in [0.4, 0.5) is 0 Å². The van der Waals surface area contributed by atoms with Crippen molar-refractivity contribution < 1.29 is 14.3 Å². The number of hydrazine groups is 1. The van der Waals surface area contributed by atoms with Crippen molar-refractivity contribution in [2.45, 2.75) is 0 Å². The van der Waals surface area contributed by atoms with E-state index in [1.807, 2.05) is 66.7 Å². The van der Waals surface area contributed by atoms with Crippen molar-refractivity contribution in [2.24, 2.45) is 0 Å². The third kappa shape index (κ3) is 5.06. The normalized spacial score (nSPS) is 10.2. The predicted octanol–water partition coefficient (Wildman–Crippen LogP) is 3.25. The second-order valence-corrected chi connectivity index (χ2v) is 6.93. The lowest BCUT2D eigenvalue weighted by molar-refractivity contribution is -0.123. The molecule has 0 aliphatic heterocycles. The van der Waals surface area contributed by atoms with E-state index < -0.39 is 11.8 Å². The molecule has 0 fully saturated rings. The number of benzene rings is 3. The van der Waals surface area contributed by atoms with Gasteiger partial charge in [-0.15, -0.1) is 0 Å². The van der Waals surface area contributed by atoms with E-state index in [4.69, 9.17) is 10.00 Å². The molecule has 8 heteroatoms. The molecule has 0 aliphatic carbocycles. The number of carbonyl (C=O) groups excluding carboxylic acids is 2. The molecule has 2 amide bonds.